The first-order chi connectivity index (χ1) is 13.5. The van der Waals surface area contributed by atoms with Gasteiger partial charge in [0.1, 0.15) is 24.0 Å². The van der Waals surface area contributed by atoms with Crippen LogP contribution in [0.4, 0.5) is 8.78 Å². The molecule has 0 spiro atoms. The van der Waals surface area contributed by atoms with E-state index >= 15 is 0 Å². The molecule has 0 saturated heterocycles. The Morgan fingerprint density at radius 1 is 1.07 bits per heavy atom. The van der Waals surface area contributed by atoms with Crippen molar-refractivity contribution in [2.24, 2.45) is 0 Å². The Balaban J connectivity index is 1.39. The second-order valence-electron chi connectivity index (χ2n) is 6.68. The van der Waals surface area contributed by atoms with Crippen LogP contribution in [0.3, 0.4) is 0 Å². The first-order valence-corrected chi connectivity index (χ1v) is 9.17. The molecule has 0 radical (unpaired) electrons. The summed E-state index contributed by atoms with van der Waals surface area (Å²) in [7, 11) is 2.00. The fraction of sp³-hybridized carbons (Fsp3) is 0.333. The molecule has 0 saturated carbocycles. The Hall–Kier alpha value is -2.80. The van der Waals surface area contributed by atoms with Gasteiger partial charge >= 0.3 is 0 Å². The van der Waals surface area contributed by atoms with Crippen LogP contribution in [-0.2, 0) is 6.42 Å². The molecule has 0 aliphatic rings. The zero-order valence-corrected chi connectivity index (χ0v) is 16.0. The lowest BCUT2D eigenvalue weighted by atomic mass is 10.1. The predicted molar refractivity (Wildman–Crippen MR) is 102 cm³/mol. The van der Waals surface area contributed by atoms with E-state index in [-0.39, 0.29) is 11.6 Å². The van der Waals surface area contributed by atoms with Gasteiger partial charge in [-0.25, -0.2) is 8.78 Å². The lowest BCUT2D eigenvalue weighted by Crippen LogP contribution is -2.25. The van der Waals surface area contributed by atoms with Crippen molar-refractivity contribution < 1.29 is 18.0 Å². The van der Waals surface area contributed by atoms with Crippen LogP contribution in [0.2, 0.25) is 0 Å². The predicted octanol–water partition coefficient (Wildman–Crippen LogP) is 4.27. The number of benzene rings is 2. The molecular formula is C21H23F2N3O2. The van der Waals surface area contributed by atoms with Crippen LogP contribution >= 0.6 is 0 Å². The number of likely N-dealkylation sites (N-methyl/N-ethyl adjacent to an activating group) is 1. The fourth-order valence-corrected chi connectivity index (χ4v) is 2.67. The monoisotopic (exact) mass is 387 g/mol. The third-order valence-corrected chi connectivity index (χ3v) is 4.38. The lowest BCUT2D eigenvalue weighted by molar-refractivity contribution is 0.234. The summed E-state index contributed by atoms with van der Waals surface area (Å²) in [5, 5.41) is 3.93. The Labute approximate surface area is 162 Å². The number of aromatic nitrogens is 2. The highest BCUT2D eigenvalue weighted by molar-refractivity contribution is 5.54. The quantitative estimate of drug-likeness (QED) is 0.549. The van der Waals surface area contributed by atoms with Gasteiger partial charge in [-0.2, -0.15) is 4.98 Å². The molecule has 0 unspecified atom stereocenters. The van der Waals surface area contributed by atoms with Gasteiger partial charge in [-0.1, -0.05) is 17.3 Å². The smallest absolute Gasteiger partial charge is 0.227 e. The summed E-state index contributed by atoms with van der Waals surface area (Å²) >= 11 is 0. The van der Waals surface area contributed by atoms with Gasteiger partial charge in [-0.3, -0.25) is 0 Å². The minimum Gasteiger partial charge on any atom is -0.492 e. The number of rotatable bonds is 9. The molecule has 0 aliphatic carbocycles. The van der Waals surface area contributed by atoms with E-state index in [0.717, 1.165) is 19.5 Å². The van der Waals surface area contributed by atoms with E-state index in [0.29, 0.717) is 41.6 Å². The van der Waals surface area contributed by atoms with Crippen molar-refractivity contribution in [3.05, 3.63) is 65.6 Å². The van der Waals surface area contributed by atoms with Crippen molar-refractivity contribution in [2.75, 3.05) is 26.7 Å². The zero-order valence-electron chi connectivity index (χ0n) is 16.0. The Morgan fingerprint density at radius 3 is 2.61 bits per heavy atom. The standard InChI is InChI=1S/C21H23F2N3O2/c1-15-5-6-16(14-19(15)23)21-24-20(28-25-21)4-3-11-26(2)12-13-27-18-9-7-17(22)8-10-18/h5-10,14H,3-4,11-13H2,1-2H3. The van der Waals surface area contributed by atoms with Gasteiger partial charge in [-0.05, 0) is 62.8 Å². The van der Waals surface area contributed by atoms with E-state index < -0.39 is 0 Å². The van der Waals surface area contributed by atoms with Crippen molar-refractivity contribution in [1.29, 1.82) is 0 Å². The van der Waals surface area contributed by atoms with E-state index in [4.69, 9.17) is 9.26 Å². The van der Waals surface area contributed by atoms with Crippen molar-refractivity contribution >= 4 is 0 Å². The molecule has 0 bridgehead atoms. The van der Waals surface area contributed by atoms with Gasteiger partial charge in [0.05, 0.1) is 0 Å². The minimum absolute atomic E-state index is 0.277. The zero-order chi connectivity index (χ0) is 19.9. The first kappa shape index (κ1) is 19.9. The van der Waals surface area contributed by atoms with E-state index in [1.807, 2.05) is 7.05 Å². The van der Waals surface area contributed by atoms with Crippen molar-refractivity contribution in [3.63, 3.8) is 0 Å². The summed E-state index contributed by atoms with van der Waals surface area (Å²) in [5.74, 6) is 1.03. The average molecular weight is 387 g/mol. The molecule has 5 nitrogen and oxygen atoms in total. The highest BCUT2D eigenvalue weighted by atomic mass is 19.1. The molecular weight excluding hydrogens is 364 g/mol. The molecule has 0 aliphatic heterocycles. The molecule has 7 heteroatoms. The van der Waals surface area contributed by atoms with Crippen LogP contribution in [0.15, 0.2) is 47.0 Å². The van der Waals surface area contributed by atoms with Crippen molar-refractivity contribution in [1.82, 2.24) is 15.0 Å². The maximum Gasteiger partial charge on any atom is 0.227 e. The van der Waals surface area contributed by atoms with E-state index in [9.17, 15) is 8.78 Å². The molecule has 0 fully saturated rings. The lowest BCUT2D eigenvalue weighted by Gasteiger charge is -2.16. The van der Waals surface area contributed by atoms with Gasteiger partial charge in [0, 0.05) is 18.5 Å². The first-order valence-electron chi connectivity index (χ1n) is 9.17. The second-order valence-corrected chi connectivity index (χ2v) is 6.68. The molecule has 28 heavy (non-hydrogen) atoms. The molecule has 0 N–H and O–H groups in total. The molecule has 2 aromatic carbocycles. The Kier molecular flexibility index (Phi) is 6.71. The van der Waals surface area contributed by atoms with Crippen LogP contribution in [0.25, 0.3) is 11.4 Å². The van der Waals surface area contributed by atoms with E-state index in [2.05, 4.69) is 15.0 Å². The molecule has 1 aromatic heterocycles. The highest BCUT2D eigenvalue weighted by Crippen LogP contribution is 2.19. The van der Waals surface area contributed by atoms with Crippen LogP contribution < -0.4 is 4.74 Å². The summed E-state index contributed by atoms with van der Waals surface area (Å²) in [5.41, 5.74) is 1.19. The van der Waals surface area contributed by atoms with Crippen molar-refractivity contribution in [2.45, 2.75) is 19.8 Å². The summed E-state index contributed by atoms with van der Waals surface area (Å²) < 4.78 is 37.4. The number of halogens is 2. The van der Waals surface area contributed by atoms with Gasteiger partial charge in [0.2, 0.25) is 11.7 Å². The summed E-state index contributed by atoms with van der Waals surface area (Å²) in [6.45, 7) is 3.81. The molecule has 3 rings (SSSR count). The summed E-state index contributed by atoms with van der Waals surface area (Å²) in [6, 6.07) is 10.9. The summed E-state index contributed by atoms with van der Waals surface area (Å²) in [6.07, 6.45) is 1.49. The van der Waals surface area contributed by atoms with E-state index in [1.54, 1.807) is 31.2 Å². The molecule has 0 amide bonds. The average Bonchev–Trinajstić information content (AvgIpc) is 3.14. The normalized spacial score (nSPS) is 11.2. The van der Waals surface area contributed by atoms with Crippen LogP contribution in [0.1, 0.15) is 17.9 Å². The summed E-state index contributed by atoms with van der Waals surface area (Å²) in [4.78, 5) is 6.47. The highest BCUT2D eigenvalue weighted by Gasteiger charge is 2.10. The fourth-order valence-electron chi connectivity index (χ4n) is 2.67. The Bertz CT molecular complexity index is 897. The maximum atomic E-state index is 13.7. The number of nitrogens with zero attached hydrogens (tertiary/aromatic N) is 3. The van der Waals surface area contributed by atoms with Gasteiger partial charge in [0.15, 0.2) is 0 Å². The number of ether oxygens (including phenoxy) is 1. The molecule has 1 heterocycles. The van der Waals surface area contributed by atoms with Gasteiger partial charge in [0.25, 0.3) is 0 Å². The SMILES string of the molecule is Cc1ccc(-c2noc(CCCN(C)CCOc3ccc(F)cc3)n2)cc1F. The van der Waals surface area contributed by atoms with Crippen molar-refractivity contribution in [3.8, 4) is 17.1 Å². The van der Waals surface area contributed by atoms with E-state index in [1.165, 1.54) is 18.2 Å². The van der Waals surface area contributed by atoms with Gasteiger partial charge in [-0.15, -0.1) is 0 Å². The minimum atomic E-state index is -0.284. The van der Waals surface area contributed by atoms with Crippen LogP contribution in [0.5, 0.6) is 5.75 Å². The van der Waals surface area contributed by atoms with Crippen LogP contribution in [-0.4, -0.2) is 41.8 Å². The molecule has 3 aromatic rings. The second kappa shape index (κ2) is 9.41. The van der Waals surface area contributed by atoms with Crippen LogP contribution in [0, 0.1) is 18.6 Å². The number of hydrogen-bond acceptors (Lipinski definition) is 5. The third-order valence-electron chi connectivity index (χ3n) is 4.38. The number of hydrogen-bond donors (Lipinski definition) is 0. The molecule has 0 atom stereocenters. The topological polar surface area (TPSA) is 51.4 Å². The molecule has 148 valence electrons. The van der Waals surface area contributed by atoms with Gasteiger partial charge < -0.3 is 14.2 Å². The third kappa shape index (κ3) is 5.60. The maximum absolute atomic E-state index is 13.7. The number of aryl methyl sites for hydroxylation is 2. The Morgan fingerprint density at radius 2 is 1.86 bits per heavy atom. The largest absolute Gasteiger partial charge is 0.492 e.